The van der Waals surface area contributed by atoms with Gasteiger partial charge in [0.05, 0.1) is 12.3 Å². The summed E-state index contributed by atoms with van der Waals surface area (Å²) in [6.45, 7) is 1.86. The van der Waals surface area contributed by atoms with Gasteiger partial charge in [-0.05, 0) is 31.2 Å². The topological polar surface area (TPSA) is 64.6 Å². The number of anilines is 1. The first-order valence-electron chi connectivity index (χ1n) is 6.92. The van der Waals surface area contributed by atoms with Crippen LogP contribution in [0.3, 0.4) is 0 Å². The van der Waals surface area contributed by atoms with Crippen LogP contribution in [-0.2, 0) is 10.0 Å². The smallest absolute Gasteiger partial charge is 0.491 e. The van der Waals surface area contributed by atoms with Crippen molar-refractivity contribution < 1.29 is 35.5 Å². The Kier molecular flexibility index (Phi) is 5.41. The van der Waals surface area contributed by atoms with Crippen LogP contribution in [0.15, 0.2) is 47.4 Å². The molecule has 0 bridgehead atoms. The first-order valence-corrected chi connectivity index (χ1v) is 8.40. The van der Waals surface area contributed by atoms with E-state index in [0.29, 0.717) is 0 Å². The van der Waals surface area contributed by atoms with Gasteiger partial charge in [0.15, 0.2) is 11.6 Å². The molecule has 0 aromatic heterocycles. The highest BCUT2D eigenvalue weighted by Crippen LogP contribution is 2.31. The van der Waals surface area contributed by atoms with Crippen LogP contribution in [-0.4, -0.2) is 21.4 Å². The quantitative estimate of drug-likeness (QED) is 0.773. The third-order valence-electron chi connectivity index (χ3n) is 2.85. The SMILES string of the molecule is CCOc1ccc(NS(=O)(=O)c2ccccc2OC(F)(F)F)cc1F. The minimum Gasteiger partial charge on any atom is -0.491 e. The fourth-order valence-corrected chi connectivity index (χ4v) is 3.11. The predicted octanol–water partition coefficient (Wildman–Crippen LogP) is 3.92. The Morgan fingerprint density at radius 3 is 2.36 bits per heavy atom. The molecule has 0 aliphatic carbocycles. The Bertz CT molecular complexity index is 853. The second kappa shape index (κ2) is 7.18. The van der Waals surface area contributed by atoms with Gasteiger partial charge in [-0.25, -0.2) is 12.8 Å². The monoisotopic (exact) mass is 379 g/mol. The number of rotatable bonds is 6. The molecular formula is C15H13F4NO4S. The van der Waals surface area contributed by atoms with Gasteiger partial charge in [-0.3, -0.25) is 4.72 Å². The second-order valence-electron chi connectivity index (χ2n) is 4.68. The fourth-order valence-electron chi connectivity index (χ4n) is 1.93. The molecule has 0 aliphatic heterocycles. The molecule has 2 aromatic rings. The molecule has 5 nitrogen and oxygen atoms in total. The van der Waals surface area contributed by atoms with Crippen molar-refractivity contribution in [1.29, 1.82) is 0 Å². The van der Waals surface area contributed by atoms with Crippen molar-refractivity contribution in [3.8, 4) is 11.5 Å². The molecular weight excluding hydrogens is 366 g/mol. The van der Waals surface area contributed by atoms with E-state index in [4.69, 9.17) is 4.74 Å². The van der Waals surface area contributed by atoms with Crippen LogP contribution in [0.2, 0.25) is 0 Å². The van der Waals surface area contributed by atoms with E-state index >= 15 is 0 Å². The lowest BCUT2D eigenvalue weighted by atomic mass is 10.3. The number of nitrogens with one attached hydrogen (secondary N) is 1. The molecule has 25 heavy (non-hydrogen) atoms. The van der Waals surface area contributed by atoms with Crippen molar-refractivity contribution in [1.82, 2.24) is 0 Å². The second-order valence-corrected chi connectivity index (χ2v) is 6.33. The number of halogens is 4. The van der Waals surface area contributed by atoms with Gasteiger partial charge in [-0.1, -0.05) is 12.1 Å². The number of para-hydroxylation sites is 1. The molecule has 0 saturated carbocycles. The highest BCUT2D eigenvalue weighted by Gasteiger charge is 2.34. The molecule has 0 atom stereocenters. The Morgan fingerprint density at radius 2 is 1.76 bits per heavy atom. The predicted molar refractivity (Wildman–Crippen MR) is 81.5 cm³/mol. The van der Waals surface area contributed by atoms with E-state index in [1.54, 1.807) is 6.92 Å². The van der Waals surface area contributed by atoms with E-state index in [1.807, 2.05) is 4.72 Å². The van der Waals surface area contributed by atoms with Crippen molar-refractivity contribution in [2.75, 3.05) is 11.3 Å². The van der Waals surface area contributed by atoms with E-state index < -0.39 is 32.8 Å². The zero-order chi connectivity index (χ0) is 18.7. The maximum Gasteiger partial charge on any atom is 0.573 e. The summed E-state index contributed by atoms with van der Waals surface area (Å²) in [4.78, 5) is -0.735. The average molecular weight is 379 g/mol. The minimum absolute atomic E-state index is 0.0775. The highest BCUT2D eigenvalue weighted by molar-refractivity contribution is 7.92. The largest absolute Gasteiger partial charge is 0.573 e. The van der Waals surface area contributed by atoms with Gasteiger partial charge in [-0.2, -0.15) is 0 Å². The van der Waals surface area contributed by atoms with Crippen molar-refractivity contribution >= 4 is 15.7 Å². The van der Waals surface area contributed by atoms with Gasteiger partial charge in [0.2, 0.25) is 0 Å². The zero-order valence-corrected chi connectivity index (χ0v) is 13.6. The fraction of sp³-hybridized carbons (Fsp3) is 0.200. The number of ether oxygens (including phenoxy) is 2. The molecule has 1 N–H and O–H groups in total. The Balaban J connectivity index is 2.33. The molecule has 0 heterocycles. The molecule has 2 aromatic carbocycles. The third-order valence-corrected chi connectivity index (χ3v) is 4.27. The summed E-state index contributed by atoms with van der Waals surface area (Å²) in [6, 6.07) is 7.51. The molecule has 0 unspecified atom stereocenters. The summed E-state index contributed by atoms with van der Waals surface area (Å²) in [5.41, 5.74) is -0.178. The molecule has 0 radical (unpaired) electrons. The maximum absolute atomic E-state index is 13.8. The van der Waals surface area contributed by atoms with Gasteiger partial charge >= 0.3 is 6.36 Å². The summed E-state index contributed by atoms with van der Waals surface area (Å²) in [5.74, 6) is -1.79. The molecule has 0 fully saturated rings. The molecule has 0 spiro atoms. The number of sulfonamides is 1. The number of hydrogen-bond acceptors (Lipinski definition) is 4. The maximum atomic E-state index is 13.8. The Morgan fingerprint density at radius 1 is 1.08 bits per heavy atom. The lowest BCUT2D eigenvalue weighted by Gasteiger charge is -2.14. The van der Waals surface area contributed by atoms with Crippen LogP contribution in [0, 0.1) is 5.82 Å². The number of benzene rings is 2. The summed E-state index contributed by atoms with van der Waals surface area (Å²) in [7, 11) is -4.44. The van der Waals surface area contributed by atoms with Crippen LogP contribution < -0.4 is 14.2 Å². The van der Waals surface area contributed by atoms with E-state index in [1.165, 1.54) is 24.3 Å². The van der Waals surface area contributed by atoms with E-state index in [2.05, 4.69) is 4.74 Å². The normalized spacial score (nSPS) is 11.9. The zero-order valence-electron chi connectivity index (χ0n) is 12.8. The van der Waals surface area contributed by atoms with Gasteiger partial charge in [-0.15, -0.1) is 13.2 Å². The van der Waals surface area contributed by atoms with Gasteiger partial charge < -0.3 is 9.47 Å². The van der Waals surface area contributed by atoms with Gasteiger partial charge in [0.25, 0.3) is 10.0 Å². The van der Waals surface area contributed by atoms with Crippen LogP contribution in [0.5, 0.6) is 11.5 Å². The average Bonchev–Trinajstić information content (AvgIpc) is 2.48. The summed E-state index contributed by atoms with van der Waals surface area (Å²) in [5, 5.41) is 0. The summed E-state index contributed by atoms with van der Waals surface area (Å²) >= 11 is 0. The molecule has 2 rings (SSSR count). The van der Waals surface area contributed by atoms with Crippen molar-refractivity contribution in [2.45, 2.75) is 18.2 Å². The number of hydrogen-bond donors (Lipinski definition) is 1. The van der Waals surface area contributed by atoms with Gasteiger partial charge in [0, 0.05) is 6.07 Å². The van der Waals surface area contributed by atoms with E-state index in [-0.39, 0.29) is 18.0 Å². The lowest BCUT2D eigenvalue weighted by molar-refractivity contribution is -0.275. The summed E-state index contributed by atoms with van der Waals surface area (Å²) < 4.78 is 86.3. The molecule has 10 heteroatoms. The van der Waals surface area contributed by atoms with Crippen LogP contribution in [0.1, 0.15) is 6.92 Å². The first kappa shape index (κ1) is 18.8. The standard InChI is InChI=1S/C15H13F4NO4S/c1-2-23-12-8-7-10(9-11(12)16)20-25(21,22)14-6-4-3-5-13(14)24-15(17,18)19/h3-9,20H,2H2,1H3. The van der Waals surface area contributed by atoms with E-state index in [9.17, 15) is 26.0 Å². The summed E-state index contributed by atoms with van der Waals surface area (Å²) in [6.07, 6.45) is -5.06. The highest BCUT2D eigenvalue weighted by atomic mass is 32.2. The molecule has 0 amide bonds. The first-order chi connectivity index (χ1) is 11.6. The molecule has 0 aliphatic rings. The van der Waals surface area contributed by atoms with Crippen molar-refractivity contribution in [3.63, 3.8) is 0 Å². The third kappa shape index (κ3) is 4.99. The Labute approximate surface area is 141 Å². The van der Waals surface area contributed by atoms with Crippen LogP contribution in [0.4, 0.5) is 23.2 Å². The lowest BCUT2D eigenvalue weighted by Crippen LogP contribution is -2.20. The van der Waals surface area contributed by atoms with E-state index in [0.717, 1.165) is 18.2 Å². The van der Waals surface area contributed by atoms with Crippen molar-refractivity contribution in [2.24, 2.45) is 0 Å². The van der Waals surface area contributed by atoms with Crippen molar-refractivity contribution in [3.05, 3.63) is 48.3 Å². The molecule has 0 saturated heterocycles. The van der Waals surface area contributed by atoms with Crippen LogP contribution in [0.25, 0.3) is 0 Å². The molecule has 136 valence electrons. The van der Waals surface area contributed by atoms with Crippen LogP contribution >= 0.6 is 0 Å². The van der Waals surface area contributed by atoms with Gasteiger partial charge in [0.1, 0.15) is 10.6 Å². The minimum atomic E-state index is -5.06. The number of alkyl halides is 3. The Hall–Kier alpha value is -2.49.